The Bertz CT molecular complexity index is 722. The number of sulfonamides is 1. The monoisotopic (exact) mass is 432 g/mol. The highest BCUT2D eigenvalue weighted by Crippen LogP contribution is 2.27. The summed E-state index contributed by atoms with van der Waals surface area (Å²) in [5.74, 6) is -0.0546. The Kier molecular flexibility index (Phi) is 6.17. The van der Waals surface area contributed by atoms with Crippen LogP contribution in [-0.2, 0) is 15.8 Å². The normalized spacial score (nSPS) is 17.4. The SMILES string of the molecule is CC(C)(C)N(C(=O)O)C1CCN(S(=O)(=O)Cc2ccccc2Br)CC1. The summed E-state index contributed by atoms with van der Waals surface area (Å²) in [6, 6.07) is 7.12. The van der Waals surface area contributed by atoms with E-state index in [-0.39, 0.29) is 11.8 Å². The van der Waals surface area contributed by atoms with E-state index in [4.69, 9.17) is 0 Å². The minimum absolute atomic E-state index is 0.0546. The summed E-state index contributed by atoms with van der Waals surface area (Å²) in [5, 5.41) is 9.50. The van der Waals surface area contributed by atoms with Crippen molar-refractivity contribution in [2.24, 2.45) is 0 Å². The number of carbonyl (C=O) groups is 1. The number of nitrogens with zero attached hydrogens (tertiary/aromatic N) is 2. The second-order valence-corrected chi connectivity index (χ2v) is 10.1. The number of hydrogen-bond acceptors (Lipinski definition) is 3. The van der Waals surface area contributed by atoms with Crippen molar-refractivity contribution in [3.63, 3.8) is 0 Å². The number of carboxylic acid groups (broad SMARTS) is 1. The summed E-state index contributed by atoms with van der Waals surface area (Å²) in [6.07, 6.45) is 0.0689. The lowest BCUT2D eigenvalue weighted by Crippen LogP contribution is -2.55. The van der Waals surface area contributed by atoms with E-state index in [1.165, 1.54) is 9.21 Å². The zero-order valence-electron chi connectivity index (χ0n) is 14.8. The highest BCUT2D eigenvalue weighted by molar-refractivity contribution is 9.10. The van der Waals surface area contributed by atoms with Crippen LogP contribution in [0.4, 0.5) is 4.79 Å². The maximum absolute atomic E-state index is 12.7. The van der Waals surface area contributed by atoms with Crippen LogP contribution in [0.1, 0.15) is 39.2 Å². The van der Waals surface area contributed by atoms with Gasteiger partial charge in [0.1, 0.15) is 0 Å². The van der Waals surface area contributed by atoms with E-state index in [0.29, 0.717) is 25.9 Å². The van der Waals surface area contributed by atoms with Crippen LogP contribution in [0, 0.1) is 0 Å². The van der Waals surface area contributed by atoms with Crippen molar-refractivity contribution in [1.82, 2.24) is 9.21 Å². The summed E-state index contributed by atoms with van der Waals surface area (Å²) < 4.78 is 27.6. The van der Waals surface area contributed by atoms with Crippen molar-refractivity contribution in [2.45, 2.75) is 50.9 Å². The minimum atomic E-state index is -3.43. The largest absolute Gasteiger partial charge is 0.465 e. The summed E-state index contributed by atoms with van der Waals surface area (Å²) in [6.45, 7) is 6.26. The van der Waals surface area contributed by atoms with Crippen molar-refractivity contribution in [3.8, 4) is 0 Å². The van der Waals surface area contributed by atoms with Crippen LogP contribution in [0.2, 0.25) is 0 Å². The number of rotatable bonds is 4. The molecule has 0 aromatic heterocycles. The van der Waals surface area contributed by atoms with Gasteiger partial charge in [-0.05, 0) is 45.2 Å². The Morgan fingerprint density at radius 2 is 1.84 bits per heavy atom. The third kappa shape index (κ3) is 4.95. The van der Waals surface area contributed by atoms with Crippen molar-refractivity contribution in [3.05, 3.63) is 34.3 Å². The average Bonchev–Trinajstić information content (AvgIpc) is 2.48. The number of halogens is 1. The molecule has 0 bridgehead atoms. The van der Waals surface area contributed by atoms with E-state index < -0.39 is 21.7 Å². The van der Waals surface area contributed by atoms with Gasteiger partial charge in [-0.2, -0.15) is 0 Å². The topological polar surface area (TPSA) is 77.9 Å². The van der Waals surface area contributed by atoms with Crippen molar-refractivity contribution in [2.75, 3.05) is 13.1 Å². The standard InChI is InChI=1S/C17H25BrN2O4S/c1-17(2,3)20(16(21)22)14-8-10-19(11-9-14)25(23,24)12-13-6-4-5-7-15(13)18/h4-7,14H,8-12H2,1-3H3,(H,21,22). The van der Waals surface area contributed by atoms with Crippen molar-refractivity contribution in [1.29, 1.82) is 0 Å². The molecule has 2 rings (SSSR count). The molecule has 1 heterocycles. The zero-order chi connectivity index (χ0) is 18.8. The van der Waals surface area contributed by atoms with Crippen LogP contribution in [0.5, 0.6) is 0 Å². The summed E-state index contributed by atoms with van der Waals surface area (Å²) in [5.41, 5.74) is 0.221. The average molecular weight is 433 g/mol. The first kappa shape index (κ1) is 20.2. The molecular weight excluding hydrogens is 408 g/mol. The quantitative estimate of drug-likeness (QED) is 0.788. The molecule has 1 aromatic carbocycles. The highest BCUT2D eigenvalue weighted by Gasteiger charge is 2.37. The molecule has 1 aromatic rings. The molecule has 0 radical (unpaired) electrons. The van der Waals surface area contributed by atoms with Crippen LogP contribution < -0.4 is 0 Å². The smallest absolute Gasteiger partial charge is 0.407 e. The van der Waals surface area contributed by atoms with Gasteiger partial charge in [0.15, 0.2) is 0 Å². The molecule has 25 heavy (non-hydrogen) atoms. The zero-order valence-corrected chi connectivity index (χ0v) is 17.2. The van der Waals surface area contributed by atoms with E-state index in [1.807, 2.05) is 39.0 Å². The van der Waals surface area contributed by atoms with Gasteiger partial charge >= 0.3 is 6.09 Å². The molecule has 8 heteroatoms. The van der Waals surface area contributed by atoms with Crippen molar-refractivity contribution >= 4 is 32.0 Å². The Labute approximate surface area is 158 Å². The van der Waals surface area contributed by atoms with E-state index in [0.717, 1.165) is 10.0 Å². The predicted molar refractivity (Wildman–Crippen MR) is 101 cm³/mol. The molecule has 0 aliphatic carbocycles. The molecule has 1 N–H and O–H groups in total. The van der Waals surface area contributed by atoms with Crippen LogP contribution in [0.15, 0.2) is 28.7 Å². The Hall–Kier alpha value is -1.12. The third-order valence-electron chi connectivity index (χ3n) is 4.41. The molecule has 0 unspecified atom stereocenters. The predicted octanol–water partition coefficient (Wildman–Crippen LogP) is 3.52. The molecule has 1 aliphatic heterocycles. The molecule has 0 atom stereocenters. The van der Waals surface area contributed by atoms with Crippen LogP contribution in [0.25, 0.3) is 0 Å². The summed E-state index contributed by atoms with van der Waals surface area (Å²) >= 11 is 3.38. The fourth-order valence-corrected chi connectivity index (χ4v) is 5.48. The number of piperidine rings is 1. The van der Waals surface area contributed by atoms with Gasteiger partial charge in [-0.25, -0.2) is 17.5 Å². The molecule has 1 amide bonds. The van der Waals surface area contributed by atoms with Gasteiger partial charge in [0.25, 0.3) is 0 Å². The summed E-state index contributed by atoms with van der Waals surface area (Å²) in [7, 11) is -3.43. The first-order chi connectivity index (χ1) is 11.5. The van der Waals surface area contributed by atoms with Crippen LogP contribution in [-0.4, -0.2) is 53.5 Å². The number of amides is 1. The molecule has 1 aliphatic rings. The Morgan fingerprint density at radius 1 is 1.28 bits per heavy atom. The van der Waals surface area contributed by atoms with Gasteiger partial charge in [-0.1, -0.05) is 34.1 Å². The number of benzene rings is 1. The molecule has 140 valence electrons. The minimum Gasteiger partial charge on any atom is -0.465 e. The third-order valence-corrected chi connectivity index (χ3v) is 7.01. The van der Waals surface area contributed by atoms with E-state index in [1.54, 1.807) is 6.07 Å². The highest BCUT2D eigenvalue weighted by atomic mass is 79.9. The fraction of sp³-hybridized carbons (Fsp3) is 0.588. The molecule has 0 spiro atoms. The Morgan fingerprint density at radius 3 is 2.32 bits per heavy atom. The lowest BCUT2D eigenvalue weighted by Gasteiger charge is -2.43. The first-order valence-corrected chi connectivity index (χ1v) is 10.7. The van der Waals surface area contributed by atoms with Gasteiger partial charge in [0.2, 0.25) is 10.0 Å². The maximum Gasteiger partial charge on any atom is 0.407 e. The number of hydrogen-bond donors (Lipinski definition) is 1. The van der Waals surface area contributed by atoms with E-state index in [2.05, 4.69) is 15.9 Å². The molecule has 1 saturated heterocycles. The molecule has 0 saturated carbocycles. The van der Waals surface area contributed by atoms with Crippen LogP contribution in [0.3, 0.4) is 0 Å². The second kappa shape index (κ2) is 7.63. The molecule has 6 nitrogen and oxygen atoms in total. The first-order valence-electron chi connectivity index (χ1n) is 8.26. The second-order valence-electron chi connectivity index (χ2n) is 7.30. The van der Waals surface area contributed by atoms with Gasteiger partial charge < -0.3 is 10.0 Å². The van der Waals surface area contributed by atoms with Gasteiger partial charge in [0, 0.05) is 29.1 Å². The summed E-state index contributed by atoms with van der Waals surface area (Å²) in [4.78, 5) is 13.0. The fourth-order valence-electron chi connectivity index (χ4n) is 3.27. The maximum atomic E-state index is 12.7. The van der Waals surface area contributed by atoms with E-state index in [9.17, 15) is 18.3 Å². The van der Waals surface area contributed by atoms with Gasteiger partial charge in [-0.15, -0.1) is 0 Å². The van der Waals surface area contributed by atoms with E-state index >= 15 is 0 Å². The molecular formula is C17H25BrN2O4S. The van der Waals surface area contributed by atoms with Gasteiger partial charge in [-0.3, -0.25) is 0 Å². The Balaban J connectivity index is 2.06. The molecule has 1 fully saturated rings. The lowest BCUT2D eigenvalue weighted by molar-refractivity contribution is 0.0523. The van der Waals surface area contributed by atoms with Crippen molar-refractivity contribution < 1.29 is 18.3 Å². The lowest BCUT2D eigenvalue weighted by atomic mass is 9.98. The van der Waals surface area contributed by atoms with Gasteiger partial charge in [0.05, 0.1) is 5.75 Å². The van der Waals surface area contributed by atoms with Crippen LogP contribution >= 0.6 is 15.9 Å².